The molecule has 2 rings (SSSR count). The molecule has 0 amide bonds. The van der Waals surface area contributed by atoms with Crippen LogP contribution in [0, 0.1) is 16.7 Å². The molecule has 0 aromatic carbocycles. The SMILES string of the molecule is CO[Si](C)(C)C1CC2CCC1(C)C2(C)C. The fourth-order valence-electron chi connectivity index (χ4n) is 4.40. The molecule has 3 atom stereocenters. The van der Waals surface area contributed by atoms with Crippen molar-refractivity contribution in [1.82, 2.24) is 0 Å². The van der Waals surface area contributed by atoms with E-state index in [4.69, 9.17) is 4.43 Å². The summed E-state index contributed by atoms with van der Waals surface area (Å²) in [5.74, 6) is 0.953. The van der Waals surface area contributed by atoms with Crippen LogP contribution in [0.4, 0.5) is 0 Å². The van der Waals surface area contributed by atoms with Gasteiger partial charge in [-0.25, -0.2) is 0 Å². The highest BCUT2D eigenvalue weighted by molar-refractivity contribution is 6.72. The fourth-order valence-corrected chi connectivity index (χ4v) is 7.58. The molecule has 0 heterocycles. The molecular weight excluding hydrogens is 200 g/mol. The first-order chi connectivity index (χ1) is 6.75. The van der Waals surface area contributed by atoms with E-state index in [1.54, 1.807) is 0 Å². The topological polar surface area (TPSA) is 9.23 Å². The summed E-state index contributed by atoms with van der Waals surface area (Å²) in [4.78, 5) is 0. The number of hydrogen-bond donors (Lipinski definition) is 0. The first kappa shape index (κ1) is 11.7. The summed E-state index contributed by atoms with van der Waals surface area (Å²) in [6.07, 6.45) is 4.31. The molecule has 2 bridgehead atoms. The summed E-state index contributed by atoms with van der Waals surface area (Å²) in [6, 6.07) is 0. The van der Waals surface area contributed by atoms with Crippen molar-refractivity contribution in [1.29, 1.82) is 0 Å². The Hall–Kier alpha value is 0.177. The third kappa shape index (κ3) is 1.30. The van der Waals surface area contributed by atoms with Crippen molar-refractivity contribution in [2.24, 2.45) is 16.7 Å². The maximum atomic E-state index is 5.87. The van der Waals surface area contributed by atoms with Crippen molar-refractivity contribution in [3.05, 3.63) is 0 Å². The van der Waals surface area contributed by atoms with Crippen LogP contribution in [0.2, 0.25) is 18.6 Å². The van der Waals surface area contributed by atoms with Crippen molar-refractivity contribution in [2.45, 2.75) is 58.7 Å². The van der Waals surface area contributed by atoms with Gasteiger partial charge in [0.25, 0.3) is 0 Å². The first-order valence-corrected chi connectivity index (χ1v) is 9.29. The van der Waals surface area contributed by atoms with Crippen LogP contribution in [0.1, 0.15) is 40.0 Å². The monoisotopic (exact) mass is 226 g/mol. The molecule has 2 heteroatoms. The molecule has 0 saturated heterocycles. The average Bonchev–Trinajstić information content (AvgIpc) is 2.49. The van der Waals surface area contributed by atoms with Gasteiger partial charge in [0.2, 0.25) is 0 Å². The zero-order valence-corrected chi connectivity index (χ0v) is 12.2. The highest BCUT2D eigenvalue weighted by Crippen LogP contribution is 2.72. The molecule has 0 aliphatic heterocycles. The van der Waals surface area contributed by atoms with Crippen LogP contribution in [0.25, 0.3) is 0 Å². The highest BCUT2D eigenvalue weighted by atomic mass is 28.4. The molecule has 2 fully saturated rings. The lowest BCUT2D eigenvalue weighted by molar-refractivity contribution is 0.144. The lowest BCUT2D eigenvalue weighted by atomic mass is 9.71. The van der Waals surface area contributed by atoms with Crippen molar-refractivity contribution in [3.8, 4) is 0 Å². The van der Waals surface area contributed by atoms with Crippen LogP contribution in [0.15, 0.2) is 0 Å². The van der Waals surface area contributed by atoms with Gasteiger partial charge in [0, 0.05) is 7.11 Å². The van der Waals surface area contributed by atoms with E-state index in [-0.39, 0.29) is 0 Å². The van der Waals surface area contributed by atoms with Crippen molar-refractivity contribution in [2.75, 3.05) is 7.11 Å². The second kappa shape index (κ2) is 3.10. The summed E-state index contributed by atoms with van der Waals surface area (Å²) in [5, 5.41) is 0. The van der Waals surface area contributed by atoms with E-state index in [1.807, 2.05) is 7.11 Å². The Labute approximate surface area is 95.7 Å². The Morgan fingerprint density at radius 2 is 1.80 bits per heavy atom. The van der Waals surface area contributed by atoms with Gasteiger partial charge in [0.05, 0.1) is 0 Å². The lowest BCUT2D eigenvalue weighted by Crippen LogP contribution is -2.44. The van der Waals surface area contributed by atoms with Crippen molar-refractivity contribution < 1.29 is 4.43 Å². The molecule has 0 aromatic rings. The van der Waals surface area contributed by atoms with Gasteiger partial charge in [0.1, 0.15) is 0 Å². The molecule has 0 N–H and O–H groups in total. The molecule has 15 heavy (non-hydrogen) atoms. The van der Waals surface area contributed by atoms with E-state index in [0.717, 1.165) is 11.5 Å². The highest BCUT2D eigenvalue weighted by Gasteiger charge is 2.64. The van der Waals surface area contributed by atoms with Crippen molar-refractivity contribution >= 4 is 8.32 Å². The van der Waals surface area contributed by atoms with E-state index >= 15 is 0 Å². The minimum atomic E-state index is -1.46. The normalized spacial score (nSPS) is 43.6. The van der Waals surface area contributed by atoms with Gasteiger partial charge < -0.3 is 4.43 Å². The number of hydrogen-bond acceptors (Lipinski definition) is 1. The second-order valence-electron chi connectivity index (χ2n) is 6.97. The first-order valence-electron chi connectivity index (χ1n) is 6.31. The quantitative estimate of drug-likeness (QED) is 0.645. The standard InChI is InChI=1S/C13H26OSi/c1-12(2)10-7-8-13(12,3)11(9-10)15(5,6)14-4/h10-11H,7-9H2,1-6H3. The molecule has 2 saturated carbocycles. The van der Waals surface area contributed by atoms with Crippen LogP contribution in [-0.4, -0.2) is 15.4 Å². The summed E-state index contributed by atoms with van der Waals surface area (Å²) < 4.78 is 5.87. The molecule has 1 nitrogen and oxygen atoms in total. The van der Waals surface area contributed by atoms with Crippen LogP contribution in [0.3, 0.4) is 0 Å². The van der Waals surface area contributed by atoms with E-state index in [9.17, 15) is 0 Å². The van der Waals surface area contributed by atoms with Crippen LogP contribution >= 0.6 is 0 Å². The Balaban J connectivity index is 2.34. The van der Waals surface area contributed by atoms with Gasteiger partial charge in [-0.3, -0.25) is 0 Å². The maximum Gasteiger partial charge on any atom is 0.189 e. The van der Waals surface area contributed by atoms with Gasteiger partial charge in [-0.15, -0.1) is 0 Å². The van der Waals surface area contributed by atoms with Gasteiger partial charge in [0.15, 0.2) is 8.32 Å². The Morgan fingerprint density at radius 3 is 2.13 bits per heavy atom. The number of rotatable bonds is 2. The molecular formula is C13H26OSi. The van der Waals surface area contributed by atoms with Crippen LogP contribution in [0.5, 0.6) is 0 Å². The van der Waals surface area contributed by atoms with E-state index in [1.165, 1.54) is 19.3 Å². The van der Waals surface area contributed by atoms with Gasteiger partial charge >= 0.3 is 0 Å². The van der Waals surface area contributed by atoms with Gasteiger partial charge in [-0.2, -0.15) is 0 Å². The van der Waals surface area contributed by atoms with Crippen molar-refractivity contribution in [3.63, 3.8) is 0 Å². The number of fused-ring (bicyclic) bond motifs is 2. The minimum Gasteiger partial charge on any atom is -0.420 e. The maximum absolute atomic E-state index is 5.87. The van der Waals surface area contributed by atoms with Crippen LogP contribution < -0.4 is 0 Å². The third-order valence-electron chi connectivity index (χ3n) is 6.16. The summed E-state index contributed by atoms with van der Waals surface area (Å²) >= 11 is 0. The molecule has 0 spiro atoms. The van der Waals surface area contributed by atoms with E-state index in [0.29, 0.717) is 10.8 Å². The van der Waals surface area contributed by atoms with E-state index in [2.05, 4.69) is 33.9 Å². The third-order valence-corrected chi connectivity index (χ3v) is 9.76. The largest absolute Gasteiger partial charge is 0.420 e. The zero-order valence-electron chi connectivity index (χ0n) is 11.2. The summed E-state index contributed by atoms with van der Waals surface area (Å²) in [7, 11) is 0.466. The smallest absolute Gasteiger partial charge is 0.189 e. The second-order valence-corrected chi connectivity index (χ2v) is 11.3. The van der Waals surface area contributed by atoms with Gasteiger partial charge in [-0.1, -0.05) is 20.8 Å². The molecule has 0 radical (unpaired) electrons. The predicted molar refractivity (Wildman–Crippen MR) is 67.5 cm³/mol. The molecule has 2 aliphatic rings. The zero-order chi connectivity index (χ0) is 11.5. The van der Waals surface area contributed by atoms with Gasteiger partial charge in [-0.05, 0) is 54.6 Å². The van der Waals surface area contributed by atoms with Crippen LogP contribution in [-0.2, 0) is 4.43 Å². The molecule has 2 aliphatic carbocycles. The Morgan fingerprint density at radius 1 is 1.20 bits per heavy atom. The fraction of sp³-hybridized carbons (Fsp3) is 1.00. The Bertz CT molecular complexity index is 272. The molecule has 88 valence electrons. The van der Waals surface area contributed by atoms with E-state index < -0.39 is 8.32 Å². The predicted octanol–water partition coefficient (Wildman–Crippen LogP) is 4.05. The molecule has 0 aromatic heterocycles. The summed E-state index contributed by atoms with van der Waals surface area (Å²) in [6.45, 7) is 12.3. The lowest BCUT2D eigenvalue weighted by Gasteiger charge is -2.44. The minimum absolute atomic E-state index is 0.542. The Kier molecular flexibility index (Phi) is 2.41. The molecule has 3 unspecified atom stereocenters. The summed E-state index contributed by atoms with van der Waals surface area (Å²) in [5.41, 5.74) is 1.95. The average molecular weight is 226 g/mol.